The fourth-order valence-corrected chi connectivity index (χ4v) is 3.88. The molecule has 0 aliphatic heterocycles. The number of halogens is 1. The number of nitrogens with zero attached hydrogens (tertiary/aromatic N) is 1. The van der Waals surface area contributed by atoms with Crippen molar-refractivity contribution in [3.63, 3.8) is 0 Å². The lowest BCUT2D eigenvalue weighted by Gasteiger charge is -2.13. The van der Waals surface area contributed by atoms with Crippen LogP contribution in [0.1, 0.15) is 11.1 Å². The molecule has 0 aliphatic carbocycles. The normalized spacial score (nSPS) is 11.0. The van der Waals surface area contributed by atoms with E-state index in [0.29, 0.717) is 29.4 Å². The number of hydrogen-bond acceptors (Lipinski definition) is 4. The van der Waals surface area contributed by atoms with Crippen LogP contribution in [0.25, 0.3) is 16.8 Å². The Hall–Kier alpha value is -3.83. The summed E-state index contributed by atoms with van der Waals surface area (Å²) in [6.07, 6.45) is 1.53. The summed E-state index contributed by atoms with van der Waals surface area (Å²) in [5.74, 6) is 0.622. The zero-order valence-electron chi connectivity index (χ0n) is 18.4. The zero-order chi connectivity index (χ0) is 23.9. The highest BCUT2D eigenvalue weighted by molar-refractivity contribution is 14.1. The van der Waals surface area contributed by atoms with Crippen molar-refractivity contribution >= 4 is 51.0 Å². The van der Waals surface area contributed by atoms with Crippen molar-refractivity contribution in [2.75, 3.05) is 12.4 Å². The third kappa shape index (κ3) is 5.56. The number of nitriles is 1. The SMILES string of the molecule is COc1ccc(/C=C(\C#N)C(=O)Nc2ccc(I)cc2)cc1OCc1cccc2ccccc12. The molecule has 168 valence electrons. The summed E-state index contributed by atoms with van der Waals surface area (Å²) in [6, 6.07) is 28.9. The summed E-state index contributed by atoms with van der Waals surface area (Å²) in [6.45, 7) is 0.350. The third-order valence-corrected chi connectivity index (χ3v) is 5.95. The first kappa shape index (κ1) is 23.3. The number of ether oxygens (including phenoxy) is 2. The molecule has 0 aliphatic rings. The molecule has 5 nitrogen and oxygen atoms in total. The molecule has 0 unspecified atom stereocenters. The molecular weight excluding hydrogens is 539 g/mol. The van der Waals surface area contributed by atoms with Gasteiger partial charge < -0.3 is 14.8 Å². The van der Waals surface area contributed by atoms with E-state index < -0.39 is 5.91 Å². The molecule has 0 radical (unpaired) electrons. The summed E-state index contributed by atoms with van der Waals surface area (Å²) in [7, 11) is 1.57. The van der Waals surface area contributed by atoms with Crippen molar-refractivity contribution in [3.05, 3.63) is 105 Å². The van der Waals surface area contributed by atoms with Gasteiger partial charge >= 0.3 is 0 Å². The van der Waals surface area contributed by atoms with Crippen molar-refractivity contribution in [1.82, 2.24) is 0 Å². The Balaban J connectivity index is 1.56. The first-order chi connectivity index (χ1) is 16.6. The molecule has 0 bridgehead atoms. The number of methoxy groups -OCH3 is 1. The van der Waals surface area contributed by atoms with Crippen LogP contribution in [0.15, 0.2) is 90.5 Å². The smallest absolute Gasteiger partial charge is 0.266 e. The van der Waals surface area contributed by atoms with Gasteiger partial charge in [-0.3, -0.25) is 4.79 Å². The second kappa shape index (κ2) is 10.9. The van der Waals surface area contributed by atoms with Gasteiger partial charge in [-0.1, -0.05) is 48.5 Å². The lowest BCUT2D eigenvalue weighted by Crippen LogP contribution is -2.13. The molecule has 0 aromatic heterocycles. The lowest BCUT2D eigenvalue weighted by atomic mass is 10.1. The van der Waals surface area contributed by atoms with Gasteiger partial charge in [-0.15, -0.1) is 0 Å². The highest BCUT2D eigenvalue weighted by Crippen LogP contribution is 2.30. The van der Waals surface area contributed by atoms with E-state index in [9.17, 15) is 10.1 Å². The topological polar surface area (TPSA) is 71.3 Å². The fourth-order valence-electron chi connectivity index (χ4n) is 3.52. The van der Waals surface area contributed by atoms with Crippen LogP contribution in [0.3, 0.4) is 0 Å². The van der Waals surface area contributed by atoms with Crippen LogP contribution < -0.4 is 14.8 Å². The second-order valence-corrected chi connectivity index (χ2v) is 8.71. The monoisotopic (exact) mass is 560 g/mol. The molecule has 0 spiro atoms. The first-order valence-corrected chi connectivity index (χ1v) is 11.6. The lowest BCUT2D eigenvalue weighted by molar-refractivity contribution is -0.112. The highest BCUT2D eigenvalue weighted by atomic mass is 127. The maximum atomic E-state index is 12.6. The van der Waals surface area contributed by atoms with Crippen molar-refractivity contribution < 1.29 is 14.3 Å². The summed E-state index contributed by atoms with van der Waals surface area (Å²) in [5.41, 5.74) is 2.32. The molecule has 0 saturated heterocycles. The largest absolute Gasteiger partial charge is 0.493 e. The van der Waals surface area contributed by atoms with Crippen LogP contribution in [-0.2, 0) is 11.4 Å². The van der Waals surface area contributed by atoms with Gasteiger partial charge in [0, 0.05) is 9.26 Å². The van der Waals surface area contributed by atoms with Gasteiger partial charge in [-0.25, -0.2) is 0 Å². The third-order valence-electron chi connectivity index (χ3n) is 5.23. The zero-order valence-corrected chi connectivity index (χ0v) is 20.6. The Morgan fingerprint density at radius 2 is 1.76 bits per heavy atom. The Labute approximate surface area is 211 Å². The molecule has 4 rings (SSSR count). The minimum absolute atomic E-state index is 0.0104. The minimum atomic E-state index is -0.474. The van der Waals surface area contributed by atoms with E-state index in [0.717, 1.165) is 19.9 Å². The molecular formula is C28H21IN2O3. The molecule has 0 atom stereocenters. The van der Waals surface area contributed by atoms with E-state index in [1.807, 2.05) is 42.5 Å². The van der Waals surface area contributed by atoms with Crippen molar-refractivity contribution in [1.29, 1.82) is 5.26 Å². The minimum Gasteiger partial charge on any atom is -0.493 e. The molecule has 0 fully saturated rings. The Kier molecular flexibility index (Phi) is 7.45. The predicted molar refractivity (Wildman–Crippen MR) is 143 cm³/mol. The van der Waals surface area contributed by atoms with Gasteiger partial charge in [0.15, 0.2) is 11.5 Å². The number of hydrogen-bond donors (Lipinski definition) is 1. The van der Waals surface area contributed by atoms with Crippen LogP contribution >= 0.6 is 22.6 Å². The number of rotatable bonds is 7. The molecule has 1 N–H and O–H groups in total. The maximum Gasteiger partial charge on any atom is 0.266 e. The second-order valence-electron chi connectivity index (χ2n) is 7.47. The van der Waals surface area contributed by atoms with Crippen molar-refractivity contribution in [2.24, 2.45) is 0 Å². The first-order valence-electron chi connectivity index (χ1n) is 10.5. The predicted octanol–water partition coefficient (Wildman–Crippen LogP) is 6.58. The number of carbonyl (C=O) groups is 1. The van der Waals surface area contributed by atoms with Gasteiger partial charge in [0.05, 0.1) is 7.11 Å². The van der Waals surface area contributed by atoms with Gasteiger partial charge in [0.1, 0.15) is 18.2 Å². The van der Waals surface area contributed by atoms with E-state index >= 15 is 0 Å². The van der Waals surface area contributed by atoms with E-state index in [4.69, 9.17) is 9.47 Å². The Morgan fingerprint density at radius 3 is 2.53 bits per heavy atom. The van der Waals surface area contributed by atoms with Crippen LogP contribution in [0, 0.1) is 14.9 Å². The van der Waals surface area contributed by atoms with Crippen LogP contribution in [-0.4, -0.2) is 13.0 Å². The number of nitrogens with one attached hydrogen (secondary N) is 1. The van der Waals surface area contributed by atoms with Crippen LogP contribution in [0.2, 0.25) is 0 Å². The van der Waals surface area contributed by atoms with E-state index in [1.54, 1.807) is 37.4 Å². The summed E-state index contributed by atoms with van der Waals surface area (Å²) < 4.78 is 12.6. The Morgan fingerprint density at radius 1 is 1.00 bits per heavy atom. The van der Waals surface area contributed by atoms with Gasteiger partial charge in [0.25, 0.3) is 5.91 Å². The average Bonchev–Trinajstić information content (AvgIpc) is 2.87. The highest BCUT2D eigenvalue weighted by Gasteiger charge is 2.12. The number of benzene rings is 4. The van der Waals surface area contributed by atoms with Crippen molar-refractivity contribution in [3.8, 4) is 17.6 Å². The number of amides is 1. The molecule has 6 heteroatoms. The molecule has 0 heterocycles. The maximum absolute atomic E-state index is 12.6. The fraction of sp³-hybridized carbons (Fsp3) is 0.0714. The van der Waals surface area contributed by atoms with Gasteiger partial charge in [-0.05, 0) is 87.0 Å². The van der Waals surface area contributed by atoms with E-state index in [1.165, 1.54) is 6.08 Å². The standard InChI is InChI=1S/C28H21IN2O3/c1-33-26-14-9-19(15-22(17-30)28(32)31-24-12-10-23(29)11-13-24)16-27(26)34-18-21-7-4-6-20-5-2-3-8-25(20)21/h2-16H,18H2,1H3,(H,31,32)/b22-15+. The summed E-state index contributed by atoms with van der Waals surface area (Å²) in [4.78, 5) is 12.6. The molecule has 4 aromatic rings. The number of anilines is 1. The average molecular weight is 560 g/mol. The van der Waals surface area contributed by atoms with E-state index in [-0.39, 0.29) is 5.57 Å². The quantitative estimate of drug-likeness (QED) is 0.158. The van der Waals surface area contributed by atoms with E-state index in [2.05, 4.69) is 46.1 Å². The number of carbonyl (C=O) groups excluding carboxylic acids is 1. The van der Waals surface area contributed by atoms with Gasteiger partial charge in [-0.2, -0.15) is 5.26 Å². The Bertz CT molecular complexity index is 1400. The van der Waals surface area contributed by atoms with Crippen LogP contribution in [0.4, 0.5) is 5.69 Å². The van der Waals surface area contributed by atoms with Crippen molar-refractivity contribution in [2.45, 2.75) is 6.61 Å². The molecule has 1 amide bonds. The summed E-state index contributed by atoms with van der Waals surface area (Å²) in [5, 5.41) is 14.6. The molecule has 4 aromatic carbocycles. The summed E-state index contributed by atoms with van der Waals surface area (Å²) >= 11 is 2.19. The van der Waals surface area contributed by atoms with Gasteiger partial charge in [0.2, 0.25) is 0 Å². The molecule has 0 saturated carbocycles. The van der Waals surface area contributed by atoms with Crippen LogP contribution in [0.5, 0.6) is 11.5 Å². The number of fused-ring (bicyclic) bond motifs is 1. The molecule has 34 heavy (non-hydrogen) atoms.